The number of aliphatic hydroxyl groups is 1. The Labute approximate surface area is 206 Å². The summed E-state index contributed by atoms with van der Waals surface area (Å²) in [6.45, 7) is 1.73. The highest BCUT2D eigenvalue weighted by Crippen LogP contribution is 2.37. The van der Waals surface area contributed by atoms with E-state index in [9.17, 15) is 36.2 Å². The second-order valence-electron chi connectivity index (χ2n) is 8.14. The lowest BCUT2D eigenvalue weighted by atomic mass is 10.0. The molecule has 1 aromatic heterocycles. The van der Waals surface area contributed by atoms with Crippen LogP contribution < -0.4 is 10.6 Å². The number of alkyl halides is 6. The average molecular weight is 517 g/mol. The van der Waals surface area contributed by atoms with Crippen LogP contribution in [0.15, 0.2) is 54.7 Å². The second kappa shape index (κ2) is 9.63. The predicted molar refractivity (Wildman–Crippen MR) is 124 cm³/mol. The van der Waals surface area contributed by atoms with E-state index in [4.69, 9.17) is 0 Å². The fourth-order valence-electron chi connectivity index (χ4n) is 3.45. The van der Waals surface area contributed by atoms with Gasteiger partial charge in [-0.15, -0.1) is 0 Å². The van der Waals surface area contributed by atoms with Crippen LogP contribution in [0.4, 0.5) is 37.8 Å². The number of nitrogens with zero attached hydrogens (tertiary/aromatic N) is 1. The van der Waals surface area contributed by atoms with Crippen molar-refractivity contribution in [2.45, 2.75) is 25.5 Å². The van der Waals surface area contributed by atoms with Crippen LogP contribution >= 0.6 is 0 Å². The molecule has 5 nitrogen and oxygen atoms in total. The maximum Gasteiger partial charge on any atom is 0.416 e. The van der Waals surface area contributed by atoms with Crippen molar-refractivity contribution < 1.29 is 36.2 Å². The van der Waals surface area contributed by atoms with Crippen molar-refractivity contribution in [3.05, 3.63) is 93.7 Å². The molecule has 0 aliphatic carbocycles. The van der Waals surface area contributed by atoms with Crippen molar-refractivity contribution in [2.24, 2.45) is 0 Å². The summed E-state index contributed by atoms with van der Waals surface area (Å²) in [6, 6.07) is 6.93. The summed E-state index contributed by atoms with van der Waals surface area (Å²) in [4.78, 5) is 16.9. The standard InChI is InChI=1S/C26H17F6N3O2/c1-14-2-4-18(9-16(14)5-3-15-8-17-6-7-22(36)35-23(17)33-13-15)24(37)34-21-11-19(25(27,28)29)10-20(12-21)26(30,31)32/h2,4,6-13,22,36H,1H3,(H,33,35)(H,34,37). The van der Waals surface area contributed by atoms with E-state index in [-0.39, 0.29) is 11.6 Å². The van der Waals surface area contributed by atoms with Crippen LogP contribution in [0.25, 0.3) is 6.08 Å². The highest BCUT2D eigenvalue weighted by Gasteiger charge is 2.37. The van der Waals surface area contributed by atoms with Gasteiger partial charge >= 0.3 is 12.4 Å². The van der Waals surface area contributed by atoms with Gasteiger partial charge in [-0.25, -0.2) is 4.98 Å². The molecule has 0 radical (unpaired) electrons. The number of pyridine rings is 1. The van der Waals surface area contributed by atoms with E-state index in [0.29, 0.717) is 40.2 Å². The molecular formula is C26H17F6N3O2. The Balaban J connectivity index is 1.60. The van der Waals surface area contributed by atoms with Crippen molar-refractivity contribution >= 4 is 23.5 Å². The van der Waals surface area contributed by atoms with Gasteiger partial charge in [0.25, 0.3) is 5.91 Å². The van der Waals surface area contributed by atoms with E-state index < -0.39 is 41.3 Å². The predicted octanol–water partition coefficient (Wildman–Crippen LogP) is 5.84. The molecule has 37 heavy (non-hydrogen) atoms. The van der Waals surface area contributed by atoms with Gasteiger partial charge in [-0.1, -0.05) is 24.0 Å². The van der Waals surface area contributed by atoms with Crippen molar-refractivity contribution in [1.82, 2.24) is 4.98 Å². The summed E-state index contributed by atoms with van der Waals surface area (Å²) in [6.07, 6.45) is -6.21. The number of aromatic nitrogens is 1. The fourth-order valence-corrected chi connectivity index (χ4v) is 3.45. The molecular weight excluding hydrogens is 500 g/mol. The molecule has 0 bridgehead atoms. The van der Waals surface area contributed by atoms with Gasteiger partial charge in [0.2, 0.25) is 0 Å². The third-order valence-electron chi connectivity index (χ3n) is 5.35. The van der Waals surface area contributed by atoms with Gasteiger partial charge in [-0.05, 0) is 55.0 Å². The molecule has 3 N–H and O–H groups in total. The van der Waals surface area contributed by atoms with Crippen molar-refractivity contribution in [3.63, 3.8) is 0 Å². The Morgan fingerprint density at radius 3 is 2.32 bits per heavy atom. The number of nitrogens with one attached hydrogen (secondary N) is 2. The molecule has 1 aliphatic heterocycles. The molecule has 2 aromatic carbocycles. The Hall–Kier alpha value is -4.30. The lowest BCUT2D eigenvalue weighted by Gasteiger charge is -2.16. The zero-order chi connectivity index (χ0) is 27.0. The van der Waals surface area contributed by atoms with Crippen LogP contribution in [0.1, 0.15) is 43.7 Å². The number of carbonyl (C=O) groups is 1. The van der Waals surface area contributed by atoms with Crippen LogP contribution in [0, 0.1) is 18.8 Å². The van der Waals surface area contributed by atoms with E-state index in [1.807, 2.05) is 0 Å². The second-order valence-corrected chi connectivity index (χ2v) is 8.14. The van der Waals surface area contributed by atoms with Crippen LogP contribution in [-0.4, -0.2) is 22.2 Å². The van der Waals surface area contributed by atoms with Gasteiger partial charge in [0, 0.05) is 34.1 Å². The smallest absolute Gasteiger partial charge is 0.370 e. The molecule has 11 heteroatoms. The first-order valence-electron chi connectivity index (χ1n) is 10.7. The first-order chi connectivity index (χ1) is 17.3. The van der Waals surface area contributed by atoms with Gasteiger partial charge < -0.3 is 15.7 Å². The molecule has 0 fully saturated rings. The van der Waals surface area contributed by atoms with Crippen LogP contribution in [0.2, 0.25) is 0 Å². The Kier molecular flexibility index (Phi) is 6.71. The number of amides is 1. The number of carbonyl (C=O) groups excluding carboxylic acids is 1. The molecule has 0 spiro atoms. The Bertz CT molecular complexity index is 1430. The lowest BCUT2D eigenvalue weighted by Crippen LogP contribution is -2.19. The highest BCUT2D eigenvalue weighted by molar-refractivity contribution is 6.04. The number of rotatable bonds is 2. The number of fused-ring (bicyclic) bond motifs is 1. The van der Waals surface area contributed by atoms with E-state index in [1.54, 1.807) is 25.1 Å². The van der Waals surface area contributed by atoms with E-state index in [0.717, 1.165) is 0 Å². The Morgan fingerprint density at radius 1 is 1.00 bits per heavy atom. The van der Waals surface area contributed by atoms with Gasteiger partial charge in [0.15, 0.2) is 0 Å². The van der Waals surface area contributed by atoms with Gasteiger partial charge in [0.05, 0.1) is 11.1 Å². The minimum Gasteiger partial charge on any atom is -0.370 e. The van der Waals surface area contributed by atoms with E-state index >= 15 is 0 Å². The molecule has 1 unspecified atom stereocenters. The number of aryl methyl sites for hydroxylation is 1. The molecule has 1 aliphatic rings. The van der Waals surface area contributed by atoms with Crippen LogP contribution in [0.3, 0.4) is 0 Å². The summed E-state index contributed by atoms with van der Waals surface area (Å²) in [5.74, 6) is 5.39. The SMILES string of the molecule is Cc1ccc(C(=O)Nc2cc(C(F)(F)F)cc(C(F)(F)F)c2)cc1C#Cc1cnc2c(c1)C=CC(O)N2. The van der Waals surface area contributed by atoms with Gasteiger partial charge in [0.1, 0.15) is 12.0 Å². The number of benzene rings is 2. The summed E-state index contributed by atoms with van der Waals surface area (Å²) in [7, 11) is 0. The molecule has 1 amide bonds. The normalized spacial score (nSPS) is 14.8. The first-order valence-corrected chi connectivity index (χ1v) is 10.7. The maximum absolute atomic E-state index is 13.1. The summed E-state index contributed by atoms with van der Waals surface area (Å²) in [5, 5.41) is 14.5. The molecule has 4 rings (SSSR count). The minimum absolute atomic E-state index is 0.00874. The molecule has 0 saturated heterocycles. The third kappa shape index (κ3) is 6.10. The molecule has 3 aromatic rings. The number of anilines is 2. The van der Waals surface area contributed by atoms with E-state index in [2.05, 4.69) is 27.5 Å². The average Bonchev–Trinajstić information content (AvgIpc) is 2.82. The minimum atomic E-state index is -5.04. The largest absolute Gasteiger partial charge is 0.416 e. The molecule has 0 saturated carbocycles. The maximum atomic E-state index is 13.1. The fraction of sp³-hybridized carbons (Fsp3) is 0.154. The lowest BCUT2D eigenvalue weighted by molar-refractivity contribution is -0.143. The van der Waals surface area contributed by atoms with Crippen molar-refractivity contribution in [2.75, 3.05) is 10.6 Å². The van der Waals surface area contributed by atoms with Crippen LogP contribution in [0.5, 0.6) is 0 Å². The molecule has 1 atom stereocenters. The van der Waals surface area contributed by atoms with Gasteiger partial charge in [-0.3, -0.25) is 4.79 Å². The van der Waals surface area contributed by atoms with Crippen LogP contribution in [-0.2, 0) is 12.4 Å². The Morgan fingerprint density at radius 2 is 1.68 bits per heavy atom. The third-order valence-corrected chi connectivity index (χ3v) is 5.35. The van der Waals surface area contributed by atoms with E-state index in [1.165, 1.54) is 24.4 Å². The monoisotopic (exact) mass is 517 g/mol. The molecule has 2 heterocycles. The number of halogens is 6. The molecule has 190 valence electrons. The zero-order valence-corrected chi connectivity index (χ0v) is 18.9. The number of aliphatic hydroxyl groups excluding tert-OH is 1. The first kappa shape index (κ1) is 25.8. The zero-order valence-electron chi connectivity index (χ0n) is 18.9. The number of hydrogen-bond donors (Lipinski definition) is 3. The number of hydrogen-bond acceptors (Lipinski definition) is 4. The summed E-state index contributed by atoms with van der Waals surface area (Å²) in [5.41, 5.74) is -1.36. The van der Waals surface area contributed by atoms with Gasteiger partial charge in [-0.2, -0.15) is 26.3 Å². The van der Waals surface area contributed by atoms with Crippen molar-refractivity contribution in [1.29, 1.82) is 0 Å². The summed E-state index contributed by atoms with van der Waals surface area (Å²) < 4.78 is 78.7. The quantitative estimate of drug-likeness (QED) is 0.295. The highest BCUT2D eigenvalue weighted by atomic mass is 19.4. The summed E-state index contributed by atoms with van der Waals surface area (Å²) >= 11 is 0. The van der Waals surface area contributed by atoms with Crippen molar-refractivity contribution in [3.8, 4) is 11.8 Å². The topological polar surface area (TPSA) is 74.2 Å².